The van der Waals surface area contributed by atoms with E-state index in [0.29, 0.717) is 45.1 Å². The molecule has 20 heavy (non-hydrogen) atoms. The molecule has 6 nitrogen and oxygen atoms in total. The van der Waals surface area contributed by atoms with Crippen LogP contribution >= 0.6 is 0 Å². The first-order valence-electron chi connectivity index (χ1n) is 7.61. The molecule has 0 saturated carbocycles. The molecule has 0 aliphatic carbocycles. The zero-order valence-electron chi connectivity index (χ0n) is 12.3. The van der Waals surface area contributed by atoms with Crippen molar-refractivity contribution in [2.75, 3.05) is 45.9 Å². The van der Waals surface area contributed by atoms with Crippen molar-refractivity contribution in [3.8, 4) is 0 Å². The molecule has 2 heterocycles. The van der Waals surface area contributed by atoms with Gasteiger partial charge in [0.05, 0.1) is 6.61 Å². The smallest absolute Gasteiger partial charge is 0.409 e. The van der Waals surface area contributed by atoms with Crippen molar-refractivity contribution < 1.29 is 14.3 Å². The average molecular weight is 283 g/mol. The van der Waals surface area contributed by atoms with Gasteiger partial charge in [0.1, 0.15) is 0 Å². The molecular weight excluding hydrogens is 258 g/mol. The molecule has 2 fully saturated rings. The lowest BCUT2D eigenvalue weighted by molar-refractivity contribution is -0.133. The zero-order chi connectivity index (χ0) is 14.4. The SMILES string of the molecule is CCOC(=O)N1CCN(C(=O)CCC2CCNC2)CC1. The summed E-state index contributed by atoms with van der Waals surface area (Å²) in [6.07, 6.45) is 2.52. The molecular formula is C14H25N3O3. The Balaban J connectivity index is 1.67. The molecule has 0 bridgehead atoms. The van der Waals surface area contributed by atoms with Crippen LogP contribution in [0.4, 0.5) is 4.79 Å². The summed E-state index contributed by atoms with van der Waals surface area (Å²) in [5.41, 5.74) is 0. The van der Waals surface area contributed by atoms with Crippen LogP contribution in [0.25, 0.3) is 0 Å². The molecule has 0 aromatic carbocycles. The molecule has 0 aromatic heterocycles. The van der Waals surface area contributed by atoms with Gasteiger partial charge in [-0.25, -0.2) is 4.79 Å². The second kappa shape index (κ2) is 7.47. The minimum atomic E-state index is -0.267. The second-order valence-corrected chi connectivity index (χ2v) is 5.46. The summed E-state index contributed by atoms with van der Waals surface area (Å²) < 4.78 is 4.97. The molecule has 0 radical (unpaired) electrons. The Hall–Kier alpha value is -1.30. The van der Waals surface area contributed by atoms with Crippen LogP contribution in [-0.4, -0.2) is 67.7 Å². The molecule has 0 aromatic rings. The lowest BCUT2D eigenvalue weighted by atomic mass is 10.0. The number of ether oxygens (including phenoxy) is 1. The first kappa shape index (κ1) is 15.1. The van der Waals surface area contributed by atoms with Crippen molar-refractivity contribution in [1.82, 2.24) is 15.1 Å². The Morgan fingerprint density at radius 3 is 2.50 bits per heavy atom. The topological polar surface area (TPSA) is 61.9 Å². The monoisotopic (exact) mass is 283 g/mol. The Labute approximate surface area is 120 Å². The van der Waals surface area contributed by atoms with E-state index in [1.54, 1.807) is 11.8 Å². The molecule has 2 rings (SSSR count). The van der Waals surface area contributed by atoms with Gasteiger partial charge in [-0.3, -0.25) is 4.79 Å². The number of nitrogens with one attached hydrogen (secondary N) is 1. The fraction of sp³-hybridized carbons (Fsp3) is 0.857. The largest absolute Gasteiger partial charge is 0.450 e. The van der Waals surface area contributed by atoms with Gasteiger partial charge in [0.2, 0.25) is 5.91 Å². The molecule has 6 heteroatoms. The minimum Gasteiger partial charge on any atom is -0.450 e. The molecule has 1 atom stereocenters. The summed E-state index contributed by atoms with van der Waals surface area (Å²) in [6.45, 7) is 6.73. The highest BCUT2D eigenvalue weighted by molar-refractivity contribution is 5.76. The van der Waals surface area contributed by atoms with Gasteiger partial charge in [-0.1, -0.05) is 0 Å². The van der Waals surface area contributed by atoms with Crippen LogP contribution in [0.15, 0.2) is 0 Å². The molecule has 2 saturated heterocycles. The highest BCUT2D eigenvalue weighted by Gasteiger charge is 2.25. The van der Waals surface area contributed by atoms with Crippen LogP contribution in [0.5, 0.6) is 0 Å². The normalized spacial score (nSPS) is 22.9. The summed E-state index contributed by atoms with van der Waals surface area (Å²) >= 11 is 0. The van der Waals surface area contributed by atoms with Crippen LogP contribution in [0.3, 0.4) is 0 Å². The Morgan fingerprint density at radius 2 is 1.90 bits per heavy atom. The number of hydrogen-bond donors (Lipinski definition) is 1. The van der Waals surface area contributed by atoms with Gasteiger partial charge in [-0.15, -0.1) is 0 Å². The van der Waals surface area contributed by atoms with Gasteiger partial charge < -0.3 is 19.9 Å². The van der Waals surface area contributed by atoms with Crippen LogP contribution in [0.1, 0.15) is 26.2 Å². The van der Waals surface area contributed by atoms with E-state index in [1.807, 2.05) is 4.90 Å². The van der Waals surface area contributed by atoms with Gasteiger partial charge >= 0.3 is 6.09 Å². The van der Waals surface area contributed by atoms with Gasteiger partial charge in [-0.05, 0) is 38.8 Å². The maximum absolute atomic E-state index is 12.1. The van der Waals surface area contributed by atoms with E-state index in [0.717, 1.165) is 19.5 Å². The molecule has 1 unspecified atom stereocenters. The van der Waals surface area contributed by atoms with Crippen molar-refractivity contribution in [3.05, 3.63) is 0 Å². The maximum atomic E-state index is 12.1. The molecule has 2 aliphatic heterocycles. The van der Waals surface area contributed by atoms with E-state index in [1.165, 1.54) is 6.42 Å². The summed E-state index contributed by atoms with van der Waals surface area (Å²) in [5.74, 6) is 0.875. The Kier molecular flexibility index (Phi) is 5.64. The zero-order valence-corrected chi connectivity index (χ0v) is 12.3. The number of carbonyl (C=O) groups is 2. The first-order valence-corrected chi connectivity index (χ1v) is 7.61. The van der Waals surface area contributed by atoms with Gasteiger partial charge in [0.15, 0.2) is 0 Å². The molecule has 0 spiro atoms. The molecule has 2 aliphatic rings. The number of carbonyl (C=O) groups excluding carboxylic acids is 2. The lowest BCUT2D eigenvalue weighted by Crippen LogP contribution is -2.50. The number of rotatable bonds is 4. The van der Waals surface area contributed by atoms with E-state index in [4.69, 9.17) is 4.74 Å². The number of nitrogens with zero attached hydrogens (tertiary/aromatic N) is 2. The van der Waals surface area contributed by atoms with Gasteiger partial charge in [-0.2, -0.15) is 0 Å². The van der Waals surface area contributed by atoms with Crippen molar-refractivity contribution in [2.24, 2.45) is 5.92 Å². The van der Waals surface area contributed by atoms with Crippen molar-refractivity contribution >= 4 is 12.0 Å². The summed E-state index contributed by atoms with van der Waals surface area (Å²) in [6, 6.07) is 0. The fourth-order valence-electron chi connectivity index (χ4n) is 2.80. The second-order valence-electron chi connectivity index (χ2n) is 5.46. The predicted molar refractivity (Wildman–Crippen MR) is 75.4 cm³/mol. The van der Waals surface area contributed by atoms with Crippen LogP contribution < -0.4 is 5.32 Å². The van der Waals surface area contributed by atoms with Crippen LogP contribution in [0.2, 0.25) is 0 Å². The van der Waals surface area contributed by atoms with E-state index < -0.39 is 0 Å². The highest BCUT2D eigenvalue weighted by atomic mass is 16.6. The van der Waals surface area contributed by atoms with E-state index in [9.17, 15) is 9.59 Å². The number of hydrogen-bond acceptors (Lipinski definition) is 4. The molecule has 2 amide bonds. The van der Waals surface area contributed by atoms with Crippen molar-refractivity contribution in [1.29, 1.82) is 0 Å². The standard InChI is InChI=1S/C14H25N3O3/c1-2-20-14(19)17-9-7-16(8-10-17)13(18)4-3-12-5-6-15-11-12/h12,15H,2-11H2,1H3. The third-order valence-corrected chi connectivity index (χ3v) is 4.09. The highest BCUT2D eigenvalue weighted by Crippen LogP contribution is 2.16. The maximum Gasteiger partial charge on any atom is 0.409 e. The quantitative estimate of drug-likeness (QED) is 0.824. The Morgan fingerprint density at radius 1 is 1.20 bits per heavy atom. The molecule has 114 valence electrons. The molecule has 1 N–H and O–H groups in total. The van der Waals surface area contributed by atoms with E-state index >= 15 is 0 Å². The summed E-state index contributed by atoms with van der Waals surface area (Å²) in [7, 11) is 0. The van der Waals surface area contributed by atoms with Crippen molar-refractivity contribution in [2.45, 2.75) is 26.2 Å². The van der Waals surface area contributed by atoms with Crippen molar-refractivity contribution in [3.63, 3.8) is 0 Å². The minimum absolute atomic E-state index is 0.223. The Bertz CT molecular complexity index is 335. The first-order chi connectivity index (χ1) is 9.70. The number of piperazine rings is 1. The van der Waals surface area contributed by atoms with E-state index in [-0.39, 0.29) is 12.0 Å². The summed E-state index contributed by atoms with van der Waals surface area (Å²) in [5, 5.41) is 3.32. The third kappa shape index (κ3) is 4.10. The summed E-state index contributed by atoms with van der Waals surface area (Å²) in [4.78, 5) is 27.2. The average Bonchev–Trinajstić information content (AvgIpc) is 2.98. The van der Waals surface area contributed by atoms with Gasteiger partial charge in [0.25, 0.3) is 0 Å². The van der Waals surface area contributed by atoms with Gasteiger partial charge in [0, 0.05) is 32.6 Å². The lowest BCUT2D eigenvalue weighted by Gasteiger charge is -2.34. The van der Waals surface area contributed by atoms with Crippen LogP contribution in [0, 0.1) is 5.92 Å². The third-order valence-electron chi connectivity index (χ3n) is 4.09. The fourth-order valence-corrected chi connectivity index (χ4v) is 2.80. The number of amides is 2. The van der Waals surface area contributed by atoms with E-state index in [2.05, 4.69) is 5.32 Å². The predicted octanol–water partition coefficient (Wildman–Crippen LogP) is 0.677. The van der Waals surface area contributed by atoms with Crippen LogP contribution in [-0.2, 0) is 9.53 Å².